The van der Waals surface area contributed by atoms with Gasteiger partial charge in [-0.15, -0.1) is 0 Å². The number of aromatic nitrogens is 2. The second-order valence-corrected chi connectivity index (χ2v) is 7.05. The van der Waals surface area contributed by atoms with E-state index < -0.39 is 0 Å². The summed E-state index contributed by atoms with van der Waals surface area (Å²) in [6, 6.07) is 22.7. The highest BCUT2D eigenvalue weighted by Crippen LogP contribution is 2.24. The predicted octanol–water partition coefficient (Wildman–Crippen LogP) is 3.85. The summed E-state index contributed by atoms with van der Waals surface area (Å²) in [6.07, 6.45) is 3.76. The fourth-order valence-electron chi connectivity index (χ4n) is 3.31. The van der Waals surface area contributed by atoms with Gasteiger partial charge in [-0.05, 0) is 30.7 Å². The molecule has 0 saturated heterocycles. The van der Waals surface area contributed by atoms with Gasteiger partial charge < -0.3 is 10.6 Å². The number of hydrogen-bond donors (Lipinski definition) is 2. The third-order valence-corrected chi connectivity index (χ3v) is 4.88. The van der Waals surface area contributed by atoms with Crippen molar-refractivity contribution < 1.29 is 9.59 Å². The van der Waals surface area contributed by atoms with Gasteiger partial charge in [-0.3, -0.25) is 14.6 Å². The Morgan fingerprint density at radius 2 is 1.55 bits per heavy atom. The first-order valence-electron chi connectivity index (χ1n) is 10.1. The Hall–Kier alpha value is -4.06. The van der Waals surface area contributed by atoms with Crippen molar-refractivity contribution in [3.63, 3.8) is 0 Å². The number of para-hydroxylation sites is 1. The van der Waals surface area contributed by atoms with E-state index in [9.17, 15) is 9.59 Å². The normalized spacial score (nSPS) is 10.6. The van der Waals surface area contributed by atoms with Gasteiger partial charge in [-0.2, -0.15) is 0 Å². The lowest BCUT2D eigenvalue weighted by atomic mass is 10.0. The largest absolute Gasteiger partial charge is 0.352 e. The van der Waals surface area contributed by atoms with Crippen molar-refractivity contribution in [1.29, 1.82) is 0 Å². The van der Waals surface area contributed by atoms with E-state index in [0.29, 0.717) is 30.6 Å². The number of hydrogen-bond acceptors (Lipinski definition) is 4. The molecule has 154 valence electrons. The molecule has 2 amide bonds. The number of fused-ring (bicyclic) bond motifs is 1. The van der Waals surface area contributed by atoms with E-state index >= 15 is 0 Å². The second-order valence-electron chi connectivity index (χ2n) is 7.05. The van der Waals surface area contributed by atoms with Gasteiger partial charge in [0, 0.05) is 36.4 Å². The van der Waals surface area contributed by atoms with E-state index in [0.717, 1.165) is 22.2 Å². The van der Waals surface area contributed by atoms with Gasteiger partial charge in [-0.1, -0.05) is 48.5 Å². The summed E-state index contributed by atoms with van der Waals surface area (Å²) >= 11 is 0. The van der Waals surface area contributed by atoms with Gasteiger partial charge in [0.2, 0.25) is 0 Å². The molecule has 0 aliphatic heterocycles. The minimum Gasteiger partial charge on any atom is -0.352 e. The molecule has 0 spiro atoms. The highest BCUT2D eigenvalue weighted by atomic mass is 16.2. The van der Waals surface area contributed by atoms with Crippen LogP contribution in [0.25, 0.3) is 22.2 Å². The van der Waals surface area contributed by atoms with Crippen molar-refractivity contribution in [3.8, 4) is 11.3 Å². The molecule has 2 aromatic carbocycles. The molecule has 0 aliphatic rings. The van der Waals surface area contributed by atoms with E-state index in [-0.39, 0.29) is 11.8 Å². The van der Waals surface area contributed by atoms with Crippen LogP contribution in [0.2, 0.25) is 0 Å². The van der Waals surface area contributed by atoms with Gasteiger partial charge in [0.1, 0.15) is 0 Å². The van der Waals surface area contributed by atoms with Crippen LogP contribution in [0.4, 0.5) is 0 Å². The molecule has 0 unspecified atom stereocenters. The first kappa shape index (κ1) is 20.2. The fraction of sp³-hybridized carbons (Fsp3) is 0.120. The molecule has 0 saturated carbocycles. The lowest BCUT2D eigenvalue weighted by Gasteiger charge is -2.11. The molecule has 31 heavy (non-hydrogen) atoms. The number of amides is 2. The van der Waals surface area contributed by atoms with Gasteiger partial charge in [0.25, 0.3) is 11.8 Å². The number of rotatable bonds is 7. The topological polar surface area (TPSA) is 84.0 Å². The molecule has 2 heterocycles. The molecule has 0 fully saturated rings. The van der Waals surface area contributed by atoms with Gasteiger partial charge in [-0.25, -0.2) is 4.98 Å². The van der Waals surface area contributed by atoms with Crippen LogP contribution >= 0.6 is 0 Å². The molecule has 6 heteroatoms. The smallest absolute Gasteiger partial charge is 0.252 e. The van der Waals surface area contributed by atoms with Crippen molar-refractivity contribution in [3.05, 3.63) is 96.3 Å². The summed E-state index contributed by atoms with van der Waals surface area (Å²) < 4.78 is 0. The third-order valence-electron chi connectivity index (χ3n) is 4.88. The third kappa shape index (κ3) is 4.93. The predicted molar refractivity (Wildman–Crippen MR) is 121 cm³/mol. The molecule has 4 rings (SSSR count). The Kier molecular flexibility index (Phi) is 6.28. The Morgan fingerprint density at radius 1 is 0.806 bits per heavy atom. The van der Waals surface area contributed by atoms with Crippen LogP contribution in [0.15, 0.2) is 85.2 Å². The van der Waals surface area contributed by atoms with Crippen molar-refractivity contribution in [2.24, 2.45) is 0 Å². The van der Waals surface area contributed by atoms with Crippen molar-refractivity contribution in [2.45, 2.75) is 6.42 Å². The zero-order chi connectivity index (χ0) is 21.5. The molecular formula is C25H22N4O2. The maximum absolute atomic E-state index is 12.9. The summed E-state index contributed by atoms with van der Waals surface area (Å²) in [7, 11) is 0. The standard InChI is InChI=1S/C25H22N4O2/c30-24(19-10-6-13-26-17-19)27-14-7-15-28-25(31)21-16-23(18-8-2-1-3-9-18)29-22-12-5-4-11-20(21)22/h1-6,8-13,16-17H,7,14-15H2,(H,27,30)(H,28,31). The van der Waals surface area contributed by atoms with Crippen LogP contribution in [0.1, 0.15) is 27.1 Å². The summed E-state index contributed by atoms with van der Waals surface area (Å²) in [6.45, 7) is 0.907. The number of carbonyl (C=O) groups is 2. The summed E-state index contributed by atoms with van der Waals surface area (Å²) in [5, 5.41) is 6.60. The van der Waals surface area contributed by atoms with E-state index in [4.69, 9.17) is 4.98 Å². The lowest BCUT2D eigenvalue weighted by Crippen LogP contribution is -2.30. The number of nitrogens with zero attached hydrogens (tertiary/aromatic N) is 2. The van der Waals surface area contributed by atoms with Crippen molar-refractivity contribution >= 4 is 22.7 Å². The van der Waals surface area contributed by atoms with E-state index in [2.05, 4.69) is 15.6 Å². The van der Waals surface area contributed by atoms with Crippen molar-refractivity contribution in [1.82, 2.24) is 20.6 Å². The average Bonchev–Trinajstić information content (AvgIpc) is 2.84. The zero-order valence-corrected chi connectivity index (χ0v) is 16.9. The number of carbonyl (C=O) groups excluding carboxylic acids is 2. The zero-order valence-electron chi connectivity index (χ0n) is 16.9. The number of pyridine rings is 2. The monoisotopic (exact) mass is 410 g/mol. The molecule has 0 aliphatic carbocycles. The Bertz CT molecular complexity index is 1190. The van der Waals surface area contributed by atoms with Crippen LogP contribution in [0.5, 0.6) is 0 Å². The van der Waals surface area contributed by atoms with E-state index in [1.165, 1.54) is 6.20 Å². The van der Waals surface area contributed by atoms with Crippen LogP contribution in [0.3, 0.4) is 0 Å². The molecule has 2 N–H and O–H groups in total. The molecule has 0 bridgehead atoms. The maximum Gasteiger partial charge on any atom is 0.252 e. The minimum absolute atomic E-state index is 0.158. The maximum atomic E-state index is 12.9. The first-order valence-corrected chi connectivity index (χ1v) is 10.1. The highest BCUT2D eigenvalue weighted by molar-refractivity contribution is 6.07. The molecule has 6 nitrogen and oxygen atoms in total. The lowest BCUT2D eigenvalue weighted by molar-refractivity contribution is 0.0952. The Morgan fingerprint density at radius 3 is 2.32 bits per heavy atom. The Labute approximate surface area is 180 Å². The summed E-state index contributed by atoms with van der Waals surface area (Å²) in [4.78, 5) is 33.6. The number of nitrogens with one attached hydrogen (secondary N) is 2. The van der Waals surface area contributed by atoms with Crippen LogP contribution in [0, 0.1) is 0 Å². The summed E-state index contributed by atoms with van der Waals surface area (Å²) in [5.74, 6) is -0.332. The second kappa shape index (κ2) is 9.63. The molecule has 2 aromatic heterocycles. The summed E-state index contributed by atoms with van der Waals surface area (Å²) in [5.41, 5.74) is 3.60. The highest BCUT2D eigenvalue weighted by Gasteiger charge is 2.13. The van der Waals surface area contributed by atoms with Gasteiger partial charge in [0.05, 0.1) is 22.3 Å². The van der Waals surface area contributed by atoms with Crippen LogP contribution in [-0.4, -0.2) is 34.9 Å². The quantitative estimate of drug-likeness (QED) is 0.453. The molecular weight excluding hydrogens is 388 g/mol. The average molecular weight is 410 g/mol. The van der Waals surface area contributed by atoms with Crippen molar-refractivity contribution in [2.75, 3.05) is 13.1 Å². The number of benzene rings is 2. The molecule has 0 radical (unpaired) electrons. The van der Waals surface area contributed by atoms with Crippen LogP contribution < -0.4 is 10.6 Å². The molecule has 4 aromatic rings. The van der Waals surface area contributed by atoms with E-state index in [1.807, 2.05) is 60.7 Å². The first-order chi connectivity index (χ1) is 15.2. The van der Waals surface area contributed by atoms with Gasteiger partial charge in [0.15, 0.2) is 0 Å². The van der Waals surface area contributed by atoms with Crippen LogP contribution in [-0.2, 0) is 0 Å². The van der Waals surface area contributed by atoms with Gasteiger partial charge >= 0.3 is 0 Å². The SMILES string of the molecule is O=C(NCCCNC(=O)c1cc(-c2ccccc2)nc2ccccc12)c1cccnc1. The van der Waals surface area contributed by atoms with E-state index in [1.54, 1.807) is 18.3 Å². The fourth-order valence-corrected chi connectivity index (χ4v) is 3.31. The Balaban J connectivity index is 1.41. The minimum atomic E-state index is -0.174. The molecule has 0 atom stereocenters.